The summed E-state index contributed by atoms with van der Waals surface area (Å²) in [5.74, 6) is 1.13. The lowest BCUT2D eigenvalue weighted by Gasteiger charge is -2.10. The van der Waals surface area contributed by atoms with Gasteiger partial charge in [-0.05, 0) is 25.0 Å². The maximum Gasteiger partial charge on any atom is 0.251 e. The number of ether oxygens (including phenoxy) is 2. The van der Waals surface area contributed by atoms with Gasteiger partial charge in [0, 0.05) is 30.0 Å². The largest absolute Gasteiger partial charge is 0.493 e. The SMILES string of the molecule is CCCCCNC(=O)CCc1cc2cc(OC)c(OC)cc2[nH]c1=O. The first-order chi connectivity index (χ1) is 12.1. The molecule has 0 fully saturated rings. The molecule has 0 saturated heterocycles. The smallest absolute Gasteiger partial charge is 0.251 e. The normalized spacial score (nSPS) is 10.7. The number of nitrogens with one attached hydrogen (secondary N) is 2. The van der Waals surface area contributed by atoms with Crippen molar-refractivity contribution in [3.8, 4) is 11.5 Å². The average molecular weight is 346 g/mol. The van der Waals surface area contributed by atoms with Crippen molar-refractivity contribution in [2.75, 3.05) is 20.8 Å². The molecule has 1 amide bonds. The molecule has 0 bridgehead atoms. The molecular weight excluding hydrogens is 320 g/mol. The number of rotatable bonds is 9. The fourth-order valence-corrected chi connectivity index (χ4v) is 2.70. The Hall–Kier alpha value is -2.50. The lowest BCUT2D eigenvalue weighted by atomic mass is 10.1. The van der Waals surface area contributed by atoms with Crippen LogP contribution < -0.4 is 20.3 Å². The van der Waals surface area contributed by atoms with E-state index >= 15 is 0 Å². The minimum absolute atomic E-state index is 0.0251. The highest BCUT2D eigenvalue weighted by Crippen LogP contribution is 2.31. The maximum absolute atomic E-state index is 12.2. The Kier molecular flexibility index (Phi) is 6.86. The third-order valence-electron chi connectivity index (χ3n) is 4.15. The number of carbonyl (C=O) groups is 1. The molecular formula is C19H26N2O4. The Morgan fingerprint density at radius 2 is 1.84 bits per heavy atom. The first-order valence-electron chi connectivity index (χ1n) is 8.63. The van der Waals surface area contributed by atoms with Crippen molar-refractivity contribution >= 4 is 16.8 Å². The number of hydrogen-bond donors (Lipinski definition) is 2. The summed E-state index contributed by atoms with van der Waals surface area (Å²) in [6.07, 6.45) is 3.92. The number of carbonyl (C=O) groups excluding carboxylic acids is 1. The van der Waals surface area contributed by atoms with Crippen LogP contribution in [0.15, 0.2) is 23.0 Å². The molecule has 6 nitrogen and oxygen atoms in total. The lowest BCUT2D eigenvalue weighted by molar-refractivity contribution is -0.121. The van der Waals surface area contributed by atoms with Crippen LogP contribution in [0.25, 0.3) is 10.9 Å². The topological polar surface area (TPSA) is 80.4 Å². The molecule has 0 aliphatic heterocycles. The molecule has 136 valence electrons. The third-order valence-corrected chi connectivity index (χ3v) is 4.15. The molecule has 0 saturated carbocycles. The number of hydrogen-bond acceptors (Lipinski definition) is 4. The molecule has 1 aromatic heterocycles. The van der Waals surface area contributed by atoms with E-state index in [4.69, 9.17) is 9.47 Å². The Morgan fingerprint density at radius 1 is 1.12 bits per heavy atom. The molecule has 0 radical (unpaired) electrons. The quantitative estimate of drug-likeness (QED) is 0.684. The van der Waals surface area contributed by atoms with Crippen molar-refractivity contribution in [3.05, 3.63) is 34.1 Å². The molecule has 0 aliphatic carbocycles. The fourth-order valence-electron chi connectivity index (χ4n) is 2.70. The third kappa shape index (κ3) is 4.98. The van der Waals surface area contributed by atoms with E-state index in [-0.39, 0.29) is 11.5 Å². The number of methoxy groups -OCH3 is 2. The molecule has 0 aliphatic rings. The van der Waals surface area contributed by atoms with Gasteiger partial charge in [-0.2, -0.15) is 0 Å². The highest BCUT2D eigenvalue weighted by atomic mass is 16.5. The van der Waals surface area contributed by atoms with E-state index in [9.17, 15) is 9.59 Å². The van der Waals surface area contributed by atoms with Crippen LogP contribution in [0, 0.1) is 0 Å². The molecule has 25 heavy (non-hydrogen) atoms. The van der Waals surface area contributed by atoms with E-state index in [1.165, 1.54) is 0 Å². The van der Waals surface area contributed by atoms with Crippen LogP contribution >= 0.6 is 0 Å². The van der Waals surface area contributed by atoms with Gasteiger partial charge in [-0.3, -0.25) is 9.59 Å². The number of benzene rings is 1. The summed E-state index contributed by atoms with van der Waals surface area (Å²) < 4.78 is 10.5. The predicted octanol–water partition coefficient (Wildman–Crippen LogP) is 2.78. The van der Waals surface area contributed by atoms with Gasteiger partial charge >= 0.3 is 0 Å². The van der Waals surface area contributed by atoms with Gasteiger partial charge in [0.2, 0.25) is 5.91 Å². The minimum Gasteiger partial charge on any atom is -0.493 e. The van der Waals surface area contributed by atoms with Gasteiger partial charge in [0.25, 0.3) is 5.56 Å². The summed E-state index contributed by atoms with van der Waals surface area (Å²) in [7, 11) is 3.12. The van der Waals surface area contributed by atoms with Crippen molar-refractivity contribution < 1.29 is 14.3 Å². The Bertz CT molecular complexity index is 783. The lowest BCUT2D eigenvalue weighted by Crippen LogP contribution is -2.25. The molecule has 0 spiro atoms. The summed E-state index contributed by atoms with van der Waals surface area (Å²) in [4.78, 5) is 27.0. The van der Waals surface area contributed by atoms with Crippen molar-refractivity contribution in [2.45, 2.75) is 39.0 Å². The van der Waals surface area contributed by atoms with Gasteiger partial charge < -0.3 is 19.8 Å². The molecule has 1 heterocycles. The van der Waals surface area contributed by atoms with Gasteiger partial charge in [-0.15, -0.1) is 0 Å². The zero-order chi connectivity index (χ0) is 18.2. The Balaban J connectivity index is 2.09. The zero-order valence-electron chi connectivity index (χ0n) is 15.1. The number of aromatic amines is 1. The van der Waals surface area contributed by atoms with Crippen molar-refractivity contribution in [1.29, 1.82) is 0 Å². The number of fused-ring (bicyclic) bond motifs is 1. The number of amides is 1. The average Bonchev–Trinajstić information content (AvgIpc) is 2.62. The second-order valence-electron chi connectivity index (χ2n) is 5.98. The Labute approximate surface area is 147 Å². The van der Waals surface area contributed by atoms with Crippen LogP contribution in [0.3, 0.4) is 0 Å². The molecule has 2 rings (SSSR count). The van der Waals surface area contributed by atoms with Crippen molar-refractivity contribution in [1.82, 2.24) is 10.3 Å². The number of aryl methyl sites for hydroxylation is 1. The maximum atomic E-state index is 12.2. The van der Waals surface area contributed by atoms with E-state index in [2.05, 4.69) is 17.2 Å². The minimum atomic E-state index is -0.182. The molecule has 1 aromatic carbocycles. The van der Waals surface area contributed by atoms with Crippen LogP contribution in [0.1, 0.15) is 38.2 Å². The van der Waals surface area contributed by atoms with Crippen LogP contribution in [-0.2, 0) is 11.2 Å². The molecule has 0 unspecified atom stereocenters. The molecule has 0 atom stereocenters. The van der Waals surface area contributed by atoms with Gasteiger partial charge in [0.05, 0.1) is 19.7 Å². The predicted molar refractivity (Wildman–Crippen MR) is 98.5 cm³/mol. The van der Waals surface area contributed by atoms with Crippen molar-refractivity contribution in [3.63, 3.8) is 0 Å². The van der Waals surface area contributed by atoms with Gasteiger partial charge in [-0.25, -0.2) is 0 Å². The van der Waals surface area contributed by atoms with E-state index in [0.29, 0.717) is 42.0 Å². The monoisotopic (exact) mass is 346 g/mol. The van der Waals surface area contributed by atoms with E-state index in [1.54, 1.807) is 26.4 Å². The number of H-pyrrole nitrogens is 1. The van der Waals surface area contributed by atoms with Crippen LogP contribution in [0.5, 0.6) is 11.5 Å². The second-order valence-corrected chi connectivity index (χ2v) is 5.98. The number of unbranched alkanes of at least 4 members (excludes halogenated alkanes) is 2. The van der Waals surface area contributed by atoms with E-state index in [1.807, 2.05) is 6.07 Å². The molecule has 2 aromatic rings. The summed E-state index contributed by atoms with van der Waals surface area (Å²) in [5, 5.41) is 3.73. The van der Waals surface area contributed by atoms with Gasteiger partial charge in [-0.1, -0.05) is 19.8 Å². The first-order valence-corrected chi connectivity index (χ1v) is 8.63. The summed E-state index contributed by atoms with van der Waals surface area (Å²) >= 11 is 0. The van der Waals surface area contributed by atoms with Gasteiger partial charge in [0.15, 0.2) is 11.5 Å². The summed E-state index contributed by atoms with van der Waals surface area (Å²) in [6, 6.07) is 5.36. The molecule has 6 heteroatoms. The first kappa shape index (κ1) is 18.8. The second kappa shape index (κ2) is 9.11. The van der Waals surface area contributed by atoms with Crippen molar-refractivity contribution in [2.24, 2.45) is 0 Å². The Morgan fingerprint density at radius 3 is 2.52 bits per heavy atom. The van der Waals surface area contributed by atoms with Crippen LogP contribution in [-0.4, -0.2) is 31.7 Å². The number of pyridine rings is 1. The standard InChI is InChI=1S/C19H26N2O4/c1-4-5-6-9-20-18(22)8-7-13-10-14-11-16(24-2)17(25-3)12-15(14)21-19(13)23/h10-12H,4-9H2,1-3H3,(H,20,22)(H,21,23). The van der Waals surface area contributed by atoms with E-state index < -0.39 is 0 Å². The zero-order valence-corrected chi connectivity index (χ0v) is 15.1. The van der Waals surface area contributed by atoms with Gasteiger partial charge in [0.1, 0.15) is 0 Å². The highest BCUT2D eigenvalue weighted by Gasteiger charge is 2.10. The highest BCUT2D eigenvalue weighted by molar-refractivity contribution is 5.83. The molecule has 2 N–H and O–H groups in total. The number of aromatic nitrogens is 1. The fraction of sp³-hybridized carbons (Fsp3) is 0.474. The van der Waals surface area contributed by atoms with E-state index in [0.717, 1.165) is 24.6 Å². The summed E-state index contributed by atoms with van der Waals surface area (Å²) in [5.41, 5.74) is 1.08. The van der Waals surface area contributed by atoms with Crippen LogP contribution in [0.4, 0.5) is 0 Å². The summed E-state index contributed by atoms with van der Waals surface area (Å²) in [6.45, 7) is 2.82. The van der Waals surface area contributed by atoms with Crippen LogP contribution in [0.2, 0.25) is 0 Å².